The zero-order chi connectivity index (χ0) is 15.0. The number of rotatable bonds is 6. The molecule has 6 heteroatoms. The van der Waals surface area contributed by atoms with E-state index in [0.717, 1.165) is 0 Å². The minimum absolute atomic E-state index is 0.0632. The van der Waals surface area contributed by atoms with Crippen LogP contribution >= 0.6 is 0 Å². The van der Waals surface area contributed by atoms with Crippen molar-refractivity contribution in [3.05, 3.63) is 24.3 Å². The lowest BCUT2D eigenvalue weighted by Crippen LogP contribution is -2.39. The van der Waals surface area contributed by atoms with Gasteiger partial charge in [0.2, 0.25) is 0 Å². The van der Waals surface area contributed by atoms with Crippen LogP contribution in [0.15, 0.2) is 24.3 Å². The summed E-state index contributed by atoms with van der Waals surface area (Å²) >= 11 is 0. The molecule has 0 bridgehead atoms. The summed E-state index contributed by atoms with van der Waals surface area (Å²) < 4.78 is 9.87. The predicted molar refractivity (Wildman–Crippen MR) is 75.9 cm³/mol. The van der Waals surface area contributed by atoms with Crippen molar-refractivity contribution >= 4 is 17.7 Å². The number of esters is 1. The zero-order valence-corrected chi connectivity index (χ0v) is 12.0. The van der Waals surface area contributed by atoms with E-state index in [1.54, 1.807) is 45.2 Å². The van der Waals surface area contributed by atoms with Crippen LogP contribution < -0.4 is 10.1 Å². The van der Waals surface area contributed by atoms with Crippen LogP contribution in [-0.2, 0) is 9.53 Å². The molecule has 0 radical (unpaired) electrons. The molecule has 0 saturated carbocycles. The maximum Gasteiger partial charge on any atom is 0.325 e. The second-order valence-electron chi connectivity index (χ2n) is 3.98. The van der Waals surface area contributed by atoms with Crippen LogP contribution in [0.3, 0.4) is 0 Å². The van der Waals surface area contributed by atoms with Crippen LogP contribution in [0.1, 0.15) is 13.8 Å². The lowest BCUT2D eigenvalue weighted by Gasteiger charge is -2.20. The number of methoxy groups -OCH3 is 1. The van der Waals surface area contributed by atoms with Gasteiger partial charge in [0.25, 0.3) is 0 Å². The predicted octanol–water partition coefficient (Wildman–Crippen LogP) is 2.11. The van der Waals surface area contributed by atoms with Crippen molar-refractivity contribution < 1.29 is 19.1 Å². The Kier molecular flexibility index (Phi) is 6.36. The first-order valence-electron chi connectivity index (χ1n) is 6.46. The summed E-state index contributed by atoms with van der Waals surface area (Å²) in [5.41, 5.74) is 0.637. The summed E-state index contributed by atoms with van der Waals surface area (Å²) in [5.74, 6) is 0.293. The lowest BCUT2D eigenvalue weighted by atomic mass is 10.3. The van der Waals surface area contributed by atoms with Crippen molar-refractivity contribution in [1.29, 1.82) is 0 Å². The van der Waals surface area contributed by atoms with Gasteiger partial charge in [-0.3, -0.25) is 4.79 Å². The van der Waals surface area contributed by atoms with E-state index in [1.807, 2.05) is 0 Å². The molecule has 1 N–H and O–H groups in total. The third kappa shape index (κ3) is 4.79. The molecule has 1 rings (SSSR count). The SMILES string of the molecule is CCOC(=O)CN(CC)C(=O)Nc1ccc(OC)cc1. The Morgan fingerprint density at radius 1 is 1.20 bits per heavy atom. The largest absolute Gasteiger partial charge is 0.497 e. The monoisotopic (exact) mass is 280 g/mol. The number of urea groups is 1. The van der Waals surface area contributed by atoms with Crippen molar-refractivity contribution in [2.24, 2.45) is 0 Å². The molecular weight excluding hydrogens is 260 g/mol. The van der Waals surface area contributed by atoms with Gasteiger partial charge in [-0.05, 0) is 38.1 Å². The summed E-state index contributed by atoms with van der Waals surface area (Å²) in [6, 6.07) is 6.61. The fourth-order valence-corrected chi connectivity index (χ4v) is 1.57. The van der Waals surface area contributed by atoms with E-state index < -0.39 is 5.97 Å². The number of nitrogens with one attached hydrogen (secondary N) is 1. The van der Waals surface area contributed by atoms with Crippen molar-refractivity contribution in [2.75, 3.05) is 32.1 Å². The fourth-order valence-electron chi connectivity index (χ4n) is 1.57. The Bertz CT molecular complexity index is 445. The van der Waals surface area contributed by atoms with Gasteiger partial charge in [-0.15, -0.1) is 0 Å². The number of ether oxygens (including phenoxy) is 2. The van der Waals surface area contributed by atoms with Gasteiger partial charge in [0.15, 0.2) is 0 Å². The Morgan fingerprint density at radius 2 is 1.85 bits per heavy atom. The number of carbonyl (C=O) groups excluding carboxylic acids is 2. The molecule has 0 unspecified atom stereocenters. The highest BCUT2D eigenvalue weighted by Gasteiger charge is 2.16. The molecule has 0 heterocycles. The molecule has 20 heavy (non-hydrogen) atoms. The Hall–Kier alpha value is -2.24. The normalized spacial score (nSPS) is 9.75. The Labute approximate surface area is 118 Å². The fraction of sp³-hybridized carbons (Fsp3) is 0.429. The third-order valence-corrected chi connectivity index (χ3v) is 2.64. The minimum Gasteiger partial charge on any atom is -0.497 e. The van der Waals surface area contributed by atoms with Gasteiger partial charge >= 0.3 is 12.0 Å². The van der Waals surface area contributed by atoms with E-state index in [9.17, 15) is 9.59 Å². The highest BCUT2D eigenvalue weighted by Crippen LogP contribution is 2.15. The summed E-state index contributed by atoms with van der Waals surface area (Å²) in [7, 11) is 1.58. The first-order chi connectivity index (χ1) is 9.60. The Balaban J connectivity index is 2.59. The molecule has 110 valence electrons. The van der Waals surface area contributed by atoms with Crippen LogP contribution in [-0.4, -0.2) is 43.7 Å². The van der Waals surface area contributed by atoms with E-state index >= 15 is 0 Å². The van der Waals surface area contributed by atoms with E-state index in [-0.39, 0.29) is 12.6 Å². The van der Waals surface area contributed by atoms with Crippen molar-refractivity contribution in [3.8, 4) is 5.75 Å². The minimum atomic E-state index is -0.417. The van der Waals surface area contributed by atoms with Gasteiger partial charge in [0.05, 0.1) is 13.7 Å². The zero-order valence-electron chi connectivity index (χ0n) is 12.0. The van der Waals surface area contributed by atoms with Crippen molar-refractivity contribution in [3.63, 3.8) is 0 Å². The summed E-state index contributed by atoms with van der Waals surface area (Å²) in [6.07, 6.45) is 0. The molecule has 0 aliphatic rings. The second kappa shape index (κ2) is 8.04. The van der Waals surface area contributed by atoms with Crippen LogP contribution in [0.4, 0.5) is 10.5 Å². The van der Waals surface area contributed by atoms with E-state index in [2.05, 4.69) is 5.32 Å². The van der Waals surface area contributed by atoms with Crippen LogP contribution in [0.5, 0.6) is 5.75 Å². The third-order valence-electron chi connectivity index (χ3n) is 2.64. The van der Waals surface area contributed by atoms with E-state index in [0.29, 0.717) is 24.6 Å². The molecule has 0 aromatic heterocycles. The highest BCUT2D eigenvalue weighted by atomic mass is 16.5. The number of carbonyl (C=O) groups is 2. The smallest absolute Gasteiger partial charge is 0.325 e. The maximum absolute atomic E-state index is 12.0. The van der Waals surface area contributed by atoms with Crippen LogP contribution in [0.2, 0.25) is 0 Å². The van der Waals surface area contributed by atoms with Gasteiger partial charge in [0, 0.05) is 12.2 Å². The van der Waals surface area contributed by atoms with E-state index in [4.69, 9.17) is 9.47 Å². The van der Waals surface area contributed by atoms with Gasteiger partial charge in [0.1, 0.15) is 12.3 Å². The van der Waals surface area contributed by atoms with Gasteiger partial charge in [-0.2, -0.15) is 0 Å². The maximum atomic E-state index is 12.0. The van der Waals surface area contributed by atoms with Gasteiger partial charge in [-0.25, -0.2) is 4.79 Å². The second-order valence-corrected chi connectivity index (χ2v) is 3.98. The molecule has 0 fully saturated rings. The molecule has 1 aromatic rings. The van der Waals surface area contributed by atoms with Crippen LogP contribution in [0, 0.1) is 0 Å². The number of amides is 2. The molecule has 0 aliphatic heterocycles. The number of benzene rings is 1. The molecule has 1 aromatic carbocycles. The summed E-state index contributed by atoms with van der Waals surface area (Å²) in [4.78, 5) is 24.8. The topological polar surface area (TPSA) is 67.9 Å². The first-order valence-corrected chi connectivity index (χ1v) is 6.46. The number of anilines is 1. The summed E-state index contributed by atoms with van der Waals surface area (Å²) in [5, 5.41) is 2.72. The van der Waals surface area contributed by atoms with Crippen LogP contribution in [0.25, 0.3) is 0 Å². The number of hydrogen-bond donors (Lipinski definition) is 1. The number of likely N-dealkylation sites (N-methyl/N-ethyl adjacent to an activating group) is 1. The molecule has 2 amide bonds. The number of nitrogens with zero attached hydrogens (tertiary/aromatic N) is 1. The average Bonchev–Trinajstić information content (AvgIpc) is 2.45. The molecule has 0 saturated heterocycles. The average molecular weight is 280 g/mol. The molecule has 6 nitrogen and oxygen atoms in total. The molecular formula is C14H20N2O4. The standard InChI is InChI=1S/C14H20N2O4/c1-4-16(10-13(17)20-5-2)14(18)15-11-6-8-12(19-3)9-7-11/h6-9H,4-5,10H2,1-3H3,(H,15,18). The van der Waals surface area contributed by atoms with Gasteiger partial charge in [-0.1, -0.05) is 0 Å². The molecule has 0 atom stereocenters. The van der Waals surface area contributed by atoms with Gasteiger partial charge < -0.3 is 19.7 Å². The quantitative estimate of drug-likeness (QED) is 0.810. The van der Waals surface area contributed by atoms with Crippen molar-refractivity contribution in [2.45, 2.75) is 13.8 Å². The highest BCUT2D eigenvalue weighted by molar-refractivity contribution is 5.91. The molecule has 0 aliphatic carbocycles. The summed E-state index contributed by atoms with van der Waals surface area (Å²) in [6.45, 7) is 4.18. The number of hydrogen-bond acceptors (Lipinski definition) is 4. The molecule has 0 spiro atoms. The van der Waals surface area contributed by atoms with E-state index in [1.165, 1.54) is 4.90 Å². The lowest BCUT2D eigenvalue weighted by molar-refractivity contribution is -0.143. The first kappa shape index (κ1) is 15.8. The van der Waals surface area contributed by atoms with Crippen molar-refractivity contribution in [1.82, 2.24) is 4.90 Å². The Morgan fingerprint density at radius 3 is 2.35 bits per heavy atom.